The van der Waals surface area contributed by atoms with Crippen LogP contribution in [0.1, 0.15) is 95.2 Å². The topological polar surface area (TPSA) is 155 Å². The zero-order valence-corrected chi connectivity index (χ0v) is 28.1. The van der Waals surface area contributed by atoms with E-state index in [9.17, 15) is 42.3 Å². The molecule has 1 aliphatic carbocycles. The molecule has 270 valence electrons. The Hall–Kier alpha value is -4.04. The van der Waals surface area contributed by atoms with Crippen LogP contribution in [-0.2, 0) is 43.0 Å². The first kappa shape index (κ1) is 36.2. The van der Waals surface area contributed by atoms with Crippen molar-refractivity contribution in [2.24, 2.45) is 5.92 Å². The highest BCUT2D eigenvalue weighted by molar-refractivity contribution is 5.96. The number of benzene rings is 1. The van der Waals surface area contributed by atoms with Crippen molar-refractivity contribution >= 4 is 30.0 Å². The molecule has 1 unspecified atom stereocenters. The van der Waals surface area contributed by atoms with Crippen molar-refractivity contribution in [3.05, 3.63) is 34.9 Å². The Morgan fingerprint density at radius 2 is 1.71 bits per heavy atom. The number of alkyl carbamates (subject to hydrolysis) is 1. The number of carboxylic acid groups (broad SMARTS) is 1. The predicted octanol–water partition coefficient (Wildman–Crippen LogP) is 4.77. The number of nitrogens with zero attached hydrogens (tertiary/aromatic N) is 2. The summed E-state index contributed by atoms with van der Waals surface area (Å²) in [5.41, 5.74) is -1.99. The van der Waals surface area contributed by atoms with E-state index in [0.717, 1.165) is 37.8 Å². The molecule has 3 fully saturated rings. The molecule has 3 aliphatic heterocycles. The van der Waals surface area contributed by atoms with Gasteiger partial charge in [0.1, 0.15) is 29.3 Å². The molecule has 4 aliphatic rings. The molecule has 0 spiro atoms. The number of ether oxygens (including phenoxy) is 2. The van der Waals surface area contributed by atoms with Gasteiger partial charge < -0.3 is 35.0 Å². The molecule has 12 nitrogen and oxygen atoms in total. The smallest absolute Gasteiger partial charge is 0.416 e. The van der Waals surface area contributed by atoms with Gasteiger partial charge in [-0.25, -0.2) is 14.4 Å². The Morgan fingerprint density at radius 3 is 2.39 bits per heavy atom. The molecule has 3 heterocycles. The van der Waals surface area contributed by atoms with Crippen LogP contribution in [0.5, 0.6) is 0 Å². The lowest BCUT2D eigenvalue weighted by Crippen LogP contribution is -2.56. The molecule has 5 atom stereocenters. The molecule has 49 heavy (non-hydrogen) atoms. The van der Waals surface area contributed by atoms with Gasteiger partial charge in [0.2, 0.25) is 11.8 Å². The summed E-state index contributed by atoms with van der Waals surface area (Å²) in [5, 5.41) is 15.4. The molecule has 5 rings (SSSR count). The van der Waals surface area contributed by atoms with E-state index >= 15 is 0 Å². The lowest BCUT2D eigenvalue weighted by molar-refractivity contribution is -0.146. The number of amides is 4. The minimum absolute atomic E-state index is 0.0238. The van der Waals surface area contributed by atoms with Gasteiger partial charge in [-0.3, -0.25) is 9.59 Å². The number of hydrogen-bond donors (Lipinski definition) is 3. The maximum absolute atomic E-state index is 14.1. The van der Waals surface area contributed by atoms with E-state index in [2.05, 4.69) is 10.6 Å². The predicted molar refractivity (Wildman–Crippen MR) is 168 cm³/mol. The summed E-state index contributed by atoms with van der Waals surface area (Å²) in [6, 6.07) is 1.16. The highest BCUT2D eigenvalue weighted by Gasteiger charge is 2.62. The third-order valence-corrected chi connectivity index (χ3v) is 9.79. The van der Waals surface area contributed by atoms with Crippen LogP contribution >= 0.6 is 0 Å². The lowest BCUT2D eigenvalue weighted by Gasteiger charge is -2.30. The van der Waals surface area contributed by atoms with Crippen LogP contribution in [0.3, 0.4) is 0 Å². The van der Waals surface area contributed by atoms with Gasteiger partial charge in [-0.05, 0) is 75.6 Å². The number of nitrogens with one attached hydrogen (secondary N) is 2. The van der Waals surface area contributed by atoms with Gasteiger partial charge >= 0.3 is 24.3 Å². The van der Waals surface area contributed by atoms with Crippen molar-refractivity contribution in [1.29, 1.82) is 0 Å². The Kier molecular flexibility index (Phi) is 10.4. The third-order valence-electron chi connectivity index (χ3n) is 9.79. The normalized spacial score (nSPS) is 28.1. The summed E-state index contributed by atoms with van der Waals surface area (Å²) >= 11 is 0. The molecule has 2 saturated heterocycles. The number of carbonyl (C=O) groups is 5. The summed E-state index contributed by atoms with van der Waals surface area (Å²) in [4.78, 5) is 69.0. The van der Waals surface area contributed by atoms with Gasteiger partial charge in [0.05, 0.1) is 12.1 Å². The molecule has 15 heteroatoms. The fourth-order valence-electron chi connectivity index (χ4n) is 7.10. The average Bonchev–Trinajstić information content (AvgIpc) is 3.55. The molecule has 1 saturated carbocycles. The van der Waals surface area contributed by atoms with E-state index < -0.39 is 71.0 Å². The monoisotopic (exact) mass is 694 g/mol. The Labute approximate surface area is 283 Å². The Morgan fingerprint density at radius 1 is 1.02 bits per heavy atom. The largest absolute Gasteiger partial charge is 0.479 e. The van der Waals surface area contributed by atoms with Gasteiger partial charge in [-0.15, -0.1) is 0 Å². The number of hydrogen-bond acceptors (Lipinski definition) is 7. The lowest BCUT2D eigenvalue weighted by atomic mass is 9.97. The van der Waals surface area contributed by atoms with Crippen LogP contribution in [0.25, 0.3) is 0 Å². The molecule has 1 aromatic carbocycles. The quantitative estimate of drug-likeness (QED) is 0.409. The Balaban J connectivity index is 1.34. The number of alkyl halides is 3. The minimum atomic E-state index is -4.48. The van der Waals surface area contributed by atoms with Crippen LogP contribution in [-0.4, -0.2) is 87.3 Å². The first-order chi connectivity index (χ1) is 23.0. The van der Waals surface area contributed by atoms with Crippen molar-refractivity contribution in [1.82, 2.24) is 20.4 Å². The second-order valence-corrected chi connectivity index (χ2v) is 14.6. The molecule has 0 aromatic heterocycles. The highest BCUT2D eigenvalue weighted by atomic mass is 19.4. The van der Waals surface area contributed by atoms with E-state index in [1.54, 1.807) is 20.8 Å². The number of carboxylic acids is 1. The zero-order valence-electron chi connectivity index (χ0n) is 28.1. The van der Waals surface area contributed by atoms with Crippen LogP contribution in [0, 0.1) is 5.92 Å². The van der Waals surface area contributed by atoms with Crippen molar-refractivity contribution in [2.75, 3.05) is 13.1 Å². The maximum Gasteiger partial charge on any atom is 0.416 e. The van der Waals surface area contributed by atoms with Crippen molar-refractivity contribution < 1.29 is 51.7 Å². The first-order valence-electron chi connectivity index (χ1n) is 17.0. The summed E-state index contributed by atoms with van der Waals surface area (Å²) in [6.45, 7) is 5.02. The van der Waals surface area contributed by atoms with E-state index in [4.69, 9.17) is 9.47 Å². The molecule has 0 bridgehead atoms. The molecular weight excluding hydrogens is 649 g/mol. The van der Waals surface area contributed by atoms with Crippen LogP contribution in [0.2, 0.25) is 0 Å². The summed E-state index contributed by atoms with van der Waals surface area (Å²) in [6.07, 6.45) is -1.79. The fraction of sp³-hybridized carbons (Fsp3) is 0.676. The number of carbonyl (C=O) groups excluding carboxylic acids is 4. The van der Waals surface area contributed by atoms with Crippen LogP contribution in [0.15, 0.2) is 18.2 Å². The third kappa shape index (κ3) is 8.58. The van der Waals surface area contributed by atoms with E-state index in [1.807, 2.05) is 0 Å². The number of halogens is 3. The van der Waals surface area contributed by atoms with Crippen molar-refractivity contribution in [3.8, 4) is 0 Å². The average molecular weight is 695 g/mol. The molecule has 0 radical (unpaired) electrons. The molecule has 3 N–H and O–H groups in total. The molecule has 4 amide bonds. The summed E-state index contributed by atoms with van der Waals surface area (Å²) < 4.78 is 50.8. The number of aliphatic carboxylic acids is 1. The van der Waals surface area contributed by atoms with Crippen LogP contribution in [0.4, 0.5) is 22.8 Å². The highest BCUT2D eigenvalue weighted by Crippen LogP contribution is 2.47. The van der Waals surface area contributed by atoms with Gasteiger partial charge in [0, 0.05) is 19.5 Å². The van der Waals surface area contributed by atoms with E-state index in [-0.39, 0.29) is 51.2 Å². The first-order valence-corrected chi connectivity index (χ1v) is 17.0. The van der Waals surface area contributed by atoms with Gasteiger partial charge in [0.25, 0.3) is 0 Å². The summed E-state index contributed by atoms with van der Waals surface area (Å²) in [5.74, 6) is -2.65. The van der Waals surface area contributed by atoms with Crippen molar-refractivity contribution in [2.45, 2.75) is 127 Å². The van der Waals surface area contributed by atoms with E-state index in [1.165, 1.54) is 15.9 Å². The molecular formula is C34H45F3N4O8. The Bertz CT molecular complexity index is 1460. The van der Waals surface area contributed by atoms with Gasteiger partial charge in [-0.2, -0.15) is 13.2 Å². The maximum atomic E-state index is 14.1. The SMILES string of the molecule is CC(C)(C)OC(=O)NC1CCCCCCC[C@@H]2C[C@@]2(C(=O)O)NC(=O)[C@@H]2C[C@@H](OC(=O)N3CCc4cc(C(F)(F)F)ccc4C3)CN2C1=O. The van der Waals surface area contributed by atoms with Gasteiger partial charge in [0.15, 0.2) is 0 Å². The van der Waals surface area contributed by atoms with E-state index in [0.29, 0.717) is 24.0 Å². The fourth-order valence-corrected chi connectivity index (χ4v) is 7.10. The zero-order chi connectivity index (χ0) is 35.7. The van der Waals surface area contributed by atoms with Crippen LogP contribution < -0.4 is 10.6 Å². The minimum Gasteiger partial charge on any atom is -0.479 e. The summed E-state index contributed by atoms with van der Waals surface area (Å²) in [7, 11) is 0. The van der Waals surface area contributed by atoms with Crippen molar-refractivity contribution in [3.63, 3.8) is 0 Å². The van der Waals surface area contributed by atoms with Gasteiger partial charge in [-0.1, -0.05) is 38.2 Å². The standard InChI is InChI=1S/C34H45F3N4O8/c1-32(2,3)49-30(46)38-25-10-8-6-4-5-7-9-23-17-33(23,29(44)45)39-27(42)26-16-24(19-41(26)28(25)43)48-31(47)40-14-13-20-15-22(34(35,36)37)12-11-21(20)18-40/h11-12,15,23-26H,4-10,13-14,16-19H2,1-3H3,(H,38,46)(H,39,42)(H,44,45)/t23-,24-,25?,26+,33-/m1/s1. The second kappa shape index (κ2) is 14.1. The molecule has 1 aromatic rings. The number of fused-ring (bicyclic) bond motifs is 3. The number of rotatable bonds is 3. The second-order valence-electron chi connectivity index (χ2n) is 14.6.